The number of ether oxygens (including phenoxy) is 1. The molecule has 2 aromatic rings. The van der Waals surface area contributed by atoms with Crippen LogP contribution in [0.1, 0.15) is 36.1 Å². The first kappa shape index (κ1) is 17.5. The number of halogens is 4. The fraction of sp³-hybridized carbons (Fsp3) is 0.368. The molecule has 1 aromatic heterocycles. The van der Waals surface area contributed by atoms with Crippen LogP contribution in [0.5, 0.6) is 0 Å². The molecule has 0 bridgehead atoms. The van der Waals surface area contributed by atoms with E-state index in [1.807, 2.05) is 0 Å². The third kappa shape index (κ3) is 2.63. The maximum absolute atomic E-state index is 15.7. The zero-order valence-electron chi connectivity index (χ0n) is 13.7. The van der Waals surface area contributed by atoms with Crippen LogP contribution in [0.15, 0.2) is 30.5 Å². The van der Waals surface area contributed by atoms with Gasteiger partial charge in [-0.05, 0) is 37.0 Å². The number of carbonyl (C=O) groups excluding carboxylic acids is 1. The molecule has 0 amide bonds. The lowest BCUT2D eigenvalue weighted by Gasteiger charge is -2.33. The van der Waals surface area contributed by atoms with Crippen molar-refractivity contribution in [1.82, 2.24) is 4.98 Å². The Balaban J connectivity index is 1.58. The Morgan fingerprint density at radius 2 is 2.04 bits per heavy atom. The highest BCUT2D eigenvalue weighted by Gasteiger charge is 2.58. The Morgan fingerprint density at radius 3 is 2.77 bits per heavy atom. The van der Waals surface area contributed by atoms with Gasteiger partial charge in [0.1, 0.15) is 22.3 Å². The second-order valence-corrected chi connectivity index (χ2v) is 7.12. The van der Waals surface area contributed by atoms with Crippen molar-refractivity contribution in [2.75, 3.05) is 6.61 Å². The summed E-state index contributed by atoms with van der Waals surface area (Å²) in [6, 6.07) is 5.39. The first-order valence-corrected chi connectivity index (χ1v) is 8.70. The molecule has 136 valence electrons. The van der Waals surface area contributed by atoms with Crippen LogP contribution in [0.4, 0.5) is 13.2 Å². The number of hydrogen-bond donors (Lipinski definition) is 0. The molecule has 3 nitrogen and oxygen atoms in total. The third-order valence-corrected chi connectivity index (χ3v) is 5.56. The molecule has 2 atom stereocenters. The number of pyridine rings is 1. The average Bonchev–Trinajstić information content (AvgIpc) is 3.43. The Kier molecular flexibility index (Phi) is 4.08. The molecule has 2 heterocycles. The number of aryl methyl sites for hydroxylation is 1. The van der Waals surface area contributed by atoms with Gasteiger partial charge in [0.2, 0.25) is 0 Å². The van der Waals surface area contributed by atoms with Crippen molar-refractivity contribution in [1.29, 1.82) is 0 Å². The van der Waals surface area contributed by atoms with Crippen molar-refractivity contribution in [3.05, 3.63) is 63.9 Å². The van der Waals surface area contributed by atoms with Gasteiger partial charge < -0.3 is 4.74 Å². The van der Waals surface area contributed by atoms with Gasteiger partial charge >= 0.3 is 0 Å². The lowest BCUT2D eigenvalue weighted by atomic mass is 9.74. The van der Waals surface area contributed by atoms with Crippen LogP contribution in [0.25, 0.3) is 0 Å². The Hall–Kier alpha value is -1.92. The van der Waals surface area contributed by atoms with E-state index < -0.39 is 33.7 Å². The molecular weight excluding hydrogens is 367 g/mol. The minimum atomic E-state index is -2.18. The molecular formula is C19H15ClF3NO2. The van der Waals surface area contributed by atoms with Gasteiger partial charge in [-0.3, -0.25) is 9.78 Å². The van der Waals surface area contributed by atoms with Gasteiger partial charge in [0.05, 0.1) is 12.3 Å². The third-order valence-electron chi connectivity index (χ3n) is 5.21. The fourth-order valence-corrected chi connectivity index (χ4v) is 3.76. The first-order chi connectivity index (χ1) is 12.4. The molecule has 4 rings (SSSR count). The molecule has 1 aromatic carbocycles. The number of ketones is 1. The van der Waals surface area contributed by atoms with Gasteiger partial charge in [0.25, 0.3) is 0 Å². The molecule has 0 saturated carbocycles. The maximum atomic E-state index is 15.7. The van der Waals surface area contributed by atoms with Gasteiger partial charge in [0, 0.05) is 18.2 Å². The van der Waals surface area contributed by atoms with Crippen LogP contribution < -0.4 is 0 Å². The minimum Gasteiger partial charge on any atom is -0.363 e. The highest BCUT2D eigenvalue weighted by Crippen LogP contribution is 2.53. The molecule has 1 aliphatic heterocycles. The summed E-state index contributed by atoms with van der Waals surface area (Å²) in [4.78, 5) is 16.9. The van der Waals surface area contributed by atoms with Crippen molar-refractivity contribution in [3.63, 3.8) is 0 Å². The molecule has 0 N–H and O–H groups in total. The monoisotopic (exact) mass is 381 g/mol. The number of epoxide rings is 1. The molecule has 26 heavy (non-hydrogen) atoms. The first-order valence-electron chi connectivity index (χ1n) is 8.32. The van der Waals surface area contributed by atoms with E-state index in [-0.39, 0.29) is 30.4 Å². The summed E-state index contributed by atoms with van der Waals surface area (Å²) >= 11 is 5.55. The minimum absolute atomic E-state index is 0.00279. The van der Waals surface area contributed by atoms with Crippen molar-refractivity contribution >= 4 is 17.4 Å². The summed E-state index contributed by atoms with van der Waals surface area (Å²) < 4.78 is 48.3. The zero-order chi connectivity index (χ0) is 18.5. The fourth-order valence-electron chi connectivity index (χ4n) is 3.58. The van der Waals surface area contributed by atoms with Gasteiger partial charge in [-0.25, -0.2) is 13.2 Å². The number of aromatic nitrogens is 1. The number of alkyl halides is 1. The second-order valence-electron chi connectivity index (χ2n) is 6.74. The SMILES string of the molecule is O=C(CCc1ccc(F)c(Cl)c1F)[C@]1(F)CC[C@@]2(CO2)c2ncccc21. The molecule has 1 saturated heterocycles. The summed E-state index contributed by atoms with van der Waals surface area (Å²) in [7, 11) is 0. The summed E-state index contributed by atoms with van der Waals surface area (Å²) in [5.74, 6) is -2.44. The molecule has 7 heteroatoms. The van der Waals surface area contributed by atoms with Crippen molar-refractivity contribution < 1.29 is 22.7 Å². The summed E-state index contributed by atoms with van der Waals surface area (Å²) in [5.41, 5.74) is -1.97. The zero-order valence-corrected chi connectivity index (χ0v) is 14.5. The Labute approximate surface area is 153 Å². The number of benzene rings is 1. The van der Waals surface area contributed by atoms with E-state index in [9.17, 15) is 13.6 Å². The predicted molar refractivity (Wildman–Crippen MR) is 88.6 cm³/mol. The van der Waals surface area contributed by atoms with Crippen LogP contribution in [-0.2, 0) is 27.2 Å². The van der Waals surface area contributed by atoms with Crippen molar-refractivity contribution in [3.8, 4) is 0 Å². The van der Waals surface area contributed by atoms with E-state index in [0.29, 0.717) is 18.7 Å². The maximum Gasteiger partial charge on any atom is 0.195 e. The largest absolute Gasteiger partial charge is 0.363 e. The van der Waals surface area contributed by atoms with Gasteiger partial charge in [-0.2, -0.15) is 0 Å². The lowest BCUT2D eigenvalue weighted by molar-refractivity contribution is -0.132. The molecule has 2 aliphatic rings. The number of Topliss-reactive ketones (excluding diaryl/α,β-unsaturated/α-hetero) is 1. The number of rotatable bonds is 4. The van der Waals surface area contributed by atoms with Gasteiger partial charge in [-0.15, -0.1) is 0 Å². The number of carbonyl (C=O) groups is 1. The topological polar surface area (TPSA) is 42.5 Å². The lowest BCUT2D eigenvalue weighted by Crippen LogP contribution is -2.39. The average molecular weight is 382 g/mol. The van der Waals surface area contributed by atoms with E-state index in [1.165, 1.54) is 6.07 Å². The standard InChI is InChI=1S/C19H15ClF3NO2/c20-15-13(21)5-3-11(16(15)22)4-6-14(25)19(23)8-7-18(10-26-18)17-12(19)2-1-9-24-17/h1-3,5,9H,4,6-8,10H2/t18-,19+/m1/s1. The smallest absolute Gasteiger partial charge is 0.195 e. The molecule has 0 unspecified atom stereocenters. The summed E-state index contributed by atoms with van der Waals surface area (Å²) in [6.07, 6.45) is 1.63. The predicted octanol–water partition coefficient (Wildman–Crippen LogP) is 4.40. The van der Waals surface area contributed by atoms with E-state index in [0.717, 1.165) is 6.07 Å². The van der Waals surface area contributed by atoms with Crippen LogP contribution in [0.2, 0.25) is 5.02 Å². The molecule has 1 aliphatic carbocycles. The highest BCUT2D eigenvalue weighted by atomic mass is 35.5. The molecule has 1 spiro atoms. The van der Waals surface area contributed by atoms with Crippen LogP contribution in [0.3, 0.4) is 0 Å². The highest BCUT2D eigenvalue weighted by molar-refractivity contribution is 6.30. The van der Waals surface area contributed by atoms with Gasteiger partial charge in [-0.1, -0.05) is 23.7 Å². The summed E-state index contributed by atoms with van der Waals surface area (Å²) in [6.45, 7) is 0.473. The van der Waals surface area contributed by atoms with Crippen LogP contribution in [0, 0.1) is 11.6 Å². The summed E-state index contributed by atoms with van der Waals surface area (Å²) in [5, 5.41) is -0.620. The van der Waals surface area contributed by atoms with E-state index in [2.05, 4.69) is 4.98 Å². The molecule has 1 fully saturated rings. The van der Waals surface area contributed by atoms with Crippen molar-refractivity contribution in [2.45, 2.75) is 37.0 Å². The Morgan fingerprint density at radius 1 is 1.27 bits per heavy atom. The van der Waals surface area contributed by atoms with E-state index >= 15 is 4.39 Å². The number of fused-ring (bicyclic) bond motifs is 2. The van der Waals surface area contributed by atoms with E-state index in [1.54, 1.807) is 18.3 Å². The quantitative estimate of drug-likeness (QED) is 0.582. The molecule has 0 radical (unpaired) electrons. The normalized spacial score (nSPS) is 26.6. The van der Waals surface area contributed by atoms with E-state index in [4.69, 9.17) is 16.3 Å². The number of nitrogens with zero attached hydrogens (tertiary/aromatic N) is 1. The second kappa shape index (κ2) is 6.06. The van der Waals surface area contributed by atoms with Crippen LogP contribution >= 0.6 is 11.6 Å². The van der Waals surface area contributed by atoms with Crippen LogP contribution in [-0.4, -0.2) is 17.4 Å². The Bertz CT molecular complexity index is 900. The number of hydrogen-bond acceptors (Lipinski definition) is 3. The van der Waals surface area contributed by atoms with Crippen molar-refractivity contribution in [2.24, 2.45) is 0 Å². The van der Waals surface area contributed by atoms with Gasteiger partial charge in [0.15, 0.2) is 11.5 Å².